The van der Waals surface area contributed by atoms with Crippen LogP contribution in [0.3, 0.4) is 0 Å². The van der Waals surface area contributed by atoms with Crippen molar-refractivity contribution in [2.24, 2.45) is 7.05 Å². The molecular formula is C29H30N6O2S. The zero-order valence-electron chi connectivity index (χ0n) is 21.4. The van der Waals surface area contributed by atoms with Crippen molar-refractivity contribution < 1.29 is 8.42 Å². The van der Waals surface area contributed by atoms with E-state index < -0.39 is 10.0 Å². The van der Waals surface area contributed by atoms with E-state index in [1.807, 2.05) is 38.5 Å². The molecule has 1 aliphatic heterocycles. The molecule has 1 aliphatic rings. The number of aryl methyl sites for hydroxylation is 1. The summed E-state index contributed by atoms with van der Waals surface area (Å²) in [7, 11) is 0.315. The monoisotopic (exact) mass is 526 g/mol. The third-order valence-electron chi connectivity index (χ3n) is 7.17. The maximum Gasteiger partial charge on any atom is 0.242 e. The second-order valence-electron chi connectivity index (χ2n) is 9.99. The fourth-order valence-corrected chi connectivity index (χ4v) is 6.73. The highest BCUT2D eigenvalue weighted by Crippen LogP contribution is 2.34. The Morgan fingerprint density at radius 1 is 0.974 bits per heavy atom. The lowest BCUT2D eigenvalue weighted by Crippen LogP contribution is -2.46. The van der Waals surface area contributed by atoms with Gasteiger partial charge in [-0.15, -0.1) is 0 Å². The second-order valence-corrected chi connectivity index (χ2v) is 11.7. The minimum Gasteiger partial charge on any atom is -0.354 e. The number of rotatable bonds is 6. The first-order valence-electron chi connectivity index (χ1n) is 12.7. The Kier molecular flexibility index (Phi) is 6.35. The van der Waals surface area contributed by atoms with Crippen LogP contribution in [0.4, 0.5) is 11.4 Å². The molecule has 1 saturated heterocycles. The summed E-state index contributed by atoms with van der Waals surface area (Å²) in [5.74, 6) is 0. The van der Waals surface area contributed by atoms with E-state index >= 15 is 0 Å². The highest BCUT2D eigenvalue weighted by molar-refractivity contribution is 7.89. The molecule has 6 rings (SSSR count). The van der Waals surface area contributed by atoms with Crippen LogP contribution in [-0.4, -0.2) is 54.0 Å². The lowest BCUT2D eigenvalue weighted by atomic mass is 10.0. The van der Waals surface area contributed by atoms with Gasteiger partial charge < -0.3 is 14.8 Å². The molecule has 0 aliphatic carbocycles. The Bertz CT molecular complexity index is 1750. The number of piperidine rings is 1. The first-order valence-corrected chi connectivity index (χ1v) is 14.2. The Labute approximate surface area is 222 Å². The van der Waals surface area contributed by atoms with E-state index in [9.17, 15) is 8.42 Å². The van der Waals surface area contributed by atoms with Crippen molar-refractivity contribution in [3.63, 3.8) is 0 Å². The topological polar surface area (TPSA) is 92.2 Å². The van der Waals surface area contributed by atoms with Crippen molar-refractivity contribution >= 4 is 43.3 Å². The molecule has 3 aromatic carbocycles. The molecule has 1 atom stereocenters. The molecule has 0 saturated carbocycles. The molecular weight excluding hydrogens is 496 g/mol. The van der Waals surface area contributed by atoms with Gasteiger partial charge in [0.25, 0.3) is 0 Å². The normalized spacial score (nSPS) is 16.7. The van der Waals surface area contributed by atoms with Crippen molar-refractivity contribution in [1.29, 1.82) is 0 Å². The van der Waals surface area contributed by atoms with Gasteiger partial charge in [-0.3, -0.25) is 9.97 Å². The Morgan fingerprint density at radius 3 is 2.68 bits per heavy atom. The molecule has 8 nitrogen and oxygen atoms in total. The number of likely N-dealkylation sites (N-methyl/N-ethyl adjacent to an activating group) is 1. The SMILES string of the molecule is CN1CCCC(NS(=O)(=O)c2ccccc2Nc2cc(-c3ccc4ccn(C)c4c3)c3nccnc3c2)C1. The van der Waals surface area contributed by atoms with Gasteiger partial charge in [-0.1, -0.05) is 24.3 Å². The standard InChI is InChI=1S/C29H30N6O2S/c1-34-14-5-6-22(19-34)33-38(36,37)28-8-4-3-7-25(28)32-23-17-24(29-26(18-23)30-12-13-31-29)21-10-9-20-11-15-35(2)27(20)16-21/h3-4,7-13,15-18,22,32-33H,5-6,14,19H2,1-2H3. The third kappa shape index (κ3) is 4.76. The van der Waals surface area contributed by atoms with Crippen LogP contribution in [0.1, 0.15) is 12.8 Å². The summed E-state index contributed by atoms with van der Waals surface area (Å²) in [5.41, 5.74) is 5.81. The minimum atomic E-state index is -3.73. The Hall–Kier alpha value is -3.79. The number of nitrogens with one attached hydrogen (secondary N) is 2. The van der Waals surface area contributed by atoms with Crippen LogP contribution in [0, 0.1) is 0 Å². The maximum absolute atomic E-state index is 13.5. The van der Waals surface area contributed by atoms with Crippen molar-refractivity contribution in [2.75, 3.05) is 25.5 Å². The van der Waals surface area contributed by atoms with Gasteiger partial charge >= 0.3 is 0 Å². The first kappa shape index (κ1) is 24.5. The summed E-state index contributed by atoms with van der Waals surface area (Å²) in [6.45, 7) is 1.69. The summed E-state index contributed by atoms with van der Waals surface area (Å²) in [4.78, 5) is 11.5. The summed E-state index contributed by atoms with van der Waals surface area (Å²) in [6.07, 6.45) is 7.20. The number of anilines is 2. The van der Waals surface area contributed by atoms with E-state index in [4.69, 9.17) is 0 Å². The lowest BCUT2D eigenvalue weighted by molar-refractivity contribution is 0.242. The Morgan fingerprint density at radius 2 is 1.82 bits per heavy atom. The van der Waals surface area contributed by atoms with Gasteiger partial charge in [0.15, 0.2) is 0 Å². The maximum atomic E-state index is 13.5. The number of likely N-dealkylation sites (tertiary alicyclic amines) is 1. The van der Waals surface area contributed by atoms with Crippen molar-refractivity contribution in [3.05, 3.63) is 79.3 Å². The molecule has 194 valence electrons. The van der Waals surface area contributed by atoms with Gasteiger partial charge in [0.05, 0.1) is 16.7 Å². The van der Waals surface area contributed by atoms with E-state index in [0.717, 1.165) is 58.1 Å². The van der Waals surface area contributed by atoms with Crippen LogP contribution in [0.15, 0.2) is 84.1 Å². The summed E-state index contributed by atoms with van der Waals surface area (Å²) < 4.78 is 31.9. The zero-order valence-corrected chi connectivity index (χ0v) is 22.2. The smallest absolute Gasteiger partial charge is 0.242 e. The van der Waals surface area contributed by atoms with Crippen LogP contribution in [0.5, 0.6) is 0 Å². The molecule has 0 spiro atoms. The number of sulfonamides is 1. The number of hydrogen-bond donors (Lipinski definition) is 2. The zero-order chi connectivity index (χ0) is 26.3. The predicted molar refractivity (Wildman–Crippen MR) is 152 cm³/mol. The van der Waals surface area contributed by atoms with Gasteiger partial charge in [0.2, 0.25) is 10.0 Å². The molecule has 2 N–H and O–H groups in total. The molecule has 1 fully saturated rings. The molecule has 1 unspecified atom stereocenters. The lowest BCUT2D eigenvalue weighted by Gasteiger charge is -2.30. The number of benzene rings is 3. The molecule has 0 amide bonds. The quantitative estimate of drug-likeness (QED) is 0.327. The van der Waals surface area contributed by atoms with E-state index in [1.54, 1.807) is 30.6 Å². The molecule has 0 bridgehead atoms. The van der Waals surface area contributed by atoms with E-state index in [2.05, 4.69) is 53.7 Å². The van der Waals surface area contributed by atoms with Crippen LogP contribution in [0.25, 0.3) is 33.1 Å². The second kappa shape index (κ2) is 9.83. The largest absolute Gasteiger partial charge is 0.354 e. The van der Waals surface area contributed by atoms with E-state index in [-0.39, 0.29) is 10.9 Å². The summed E-state index contributed by atoms with van der Waals surface area (Å²) >= 11 is 0. The highest BCUT2D eigenvalue weighted by Gasteiger charge is 2.26. The number of fused-ring (bicyclic) bond motifs is 2. The van der Waals surface area contributed by atoms with Gasteiger partial charge in [-0.2, -0.15) is 0 Å². The molecule has 38 heavy (non-hydrogen) atoms. The van der Waals surface area contributed by atoms with E-state index in [0.29, 0.717) is 12.2 Å². The molecule has 9 heteroatoms. The Balaban J connectivity index is 1.39. The summed E-state index contributed by atoms with van der Waals surface area (Å²) in [5, 5.41) is 4.53. The predicted octanol–water partition coefficient (Wildman–Crippen LogP) is 4.90. The summed E-state index contributed by atoms with van der Waals surface area (Å²) in [6, 6.07) is 19.2. The van der Waals surface area contributed by atoms with E-state index in [1.165, 1.54) is 0 Å². The number of aromatic nitrogens is 3. The number of para-hydroxylation sites is 1. The number of nitrogens with zero attached hydrogens (tertiary/aromatic N) is 4. The van der Waals surface area contributed by atoms with Gasteiger partial charge in [0.1, 0.15) is 4.90 Å². The van der Waals surface area contributed by atoms with Crippen LogP contribution >= 0.6 is 0 Å². The van der Waals surface area contributed by atoms with Gasteiger partial charge in [-0.25, -0.2) is 13.1 Å². The van der Waals surface area contributed by atoms with Gasteiger partial charge in [0, 0.05) is 55.0 Å². The third-order valence-corrected chi connectivity index (χ3v) is 8.75. The van der Waals surface area contributed by atoms with Gasteiger partial charge in [-0.05, 0) is 73.8 Å². The molecule has 5 aromatic rings. The van der Waals surface area contributed by atoms with Crippen LogP contribution in [0.2, 0.25) is 0 Å². The molecule has 2 aromatic heterocycles. The fourth-order valence-electron chi connectivity index (χ4n) is 5.30. The van der Waals surface area contributed by atoms with Crippen LogP contribution in [-0.2, 0) is 17.1 Å². The first-order chi connectivity index (χ1) is 18.4. The van der Waals surface area contributed by atoms with Crippen molar-refractivity contribution in [3.8, 4) is 11.1 Å². The highest BCUT2D eigenvalue weighted by atomic mass is 32.2. The average Bonchev–Trinajstić information content (AvgIpc) is 3.28. The minimum absolute atomic E-state index is 0.109. The number of hydrogen-bond acceptors (Lipinski definition) is 6. The van der Waals surface area contributed by atoms with Crippen molar-refractivity contribution in [2.45, 2.75) is 23.8 Å². The van der Waals surface area contributed by atoms with Crippen molar-refractivity contribution in [1.82, 2.24) is 24.2 Å². The fraction of sp³-hybridized carbons (Fsp3) is 0.241. The molecule has 3 heterocycles. The molecule has 0 radical (unpaired) electrons. The van der Waals surface area contributed by atoms with Crippen LogP contribution < -0.4 is 10.0 Å². The average molecular weight is 527 g/mol.